The number of nitrogens with one attached hydrogen (secondary N) is 1. The zero-order valence-electron chi connectivity index (χ0n) is 17.9. The van der Waals surface area contributed by atoms with Crippen molar-refractivity contribution in [2.24, 2.45) is 4.99 Å². The van der Waals surface area contributed by atoms with E-state index in [2.05, 4.69) is 108 Å². The minimum absolute atomic E-state index is 0.421. The fourth-order valence-electron chi connectivity index (χ4n) is 3.57. The molecule has 0 saturated carbocycles. The van der Waals surface area contributed by atoms with Crippen molar-refractivity contribution in [3.63, 3.8) is 0 Å². The van der Waals surface area contributed by atoms with Crippen LogP contribution in [-0.2, 0) is 0 Å². The van der Waals surface area contributed by atoms with Gasteiger partial charge in [0, 0.05) is 17.7 Å². The average Bonchev–Trinajstić information content (AvgIpc) is 3.18. The van der Waals surface area contributed by atoms with Crippen LogP contribution in [0.1, 0.15) is 61.8 Å². The summed E-state index contributed by atoms with van der Waals surface area (Å²) in [6.07, 6.45) is 8.36. The van der Waals surface area contributed by atoms with Crippen LogP contribution in [0.15, 0.2) is 65.2 Å². The number of hydrogen-bond acceptors (Lipinski definition) is 1. The van der Waals surface area contributed by atoms with E-state index in [0.29, 0.717) is 11.8 Å². The Bertz CT molecular complexity index is 943. The first-order valence-electron chi connectivity index (χ1n) is 10.1. The van der Waals surface area contributed by atoms with Crippen molar-refractivity contribution in [1.82, 2.24) is 0 Å². The predicted molar refractivity (Wildman–Crippen MR) is 123 cm³/mol. The molecule has 0 aliphatic heterocycles. The fraction of sp³-hybridized carbons (Fsp3) is 0.308. The van der Waals surface area contributed by atoms with Crippen LogP contribution in [0, 0.1) is 20.3 Å². The Morgan fingerprint density at radius 3 is 2.11 bits per heavy atom. The molecule has 0 saturated heterocycles. The van der Waals surface area contributed by atoms with Gasteiger partial charge in [-0.15, -0.1) is 0 Å². The molecule has 0 spiro atoms. The molecule has 145 valence electrons. The number of hydrogen-bond donors (Lipinski definition) is 1. The van der Waals surface area contributed by atoms with E-state index in [-0.39, 0.29) is 0 Å². The lowest BCUT2D eigenvalue weighted by molar-refractivity contribution is 0.864. The van der Waals surface area contributed by atoms with Gasteiger partial charge in [0.05, 0.1) is 5.69 Å². The number of aliphatic imine (C=N–C) groups is 1. The summed E-state index contributed by atoms with van der Waals surface area (Å²) in [4.78, 5) is 5.16. The fourth-order valence-corrected chi connectivity index (χ4v) is 3.57. The van der Waals surface area contributed by atoms with Gasteiger partial charge in [-0.25, -0.2) is 4.99 Å². The zero-order valence-corrected chi connectivity index (χ0v) is 17.9. The molecular formula is C26H31N2. The molecule has 1 N–H and O–H groups in total. The Morgan fingerprint density at radius 1 is 0.857 bits per heavy atom. The van der Waals surface area contributed by atoms with E-state index in [4.69, 9.17) is 4.99 Å². The molecule has 0 atom stereocenters. The van der Waals surface area contributed by atoms with E-state index in [1.165, 1.54) is 22.3 Å². The number of anilines is 1. The number of benzene rings is 2. The van der Waals surface area contributed by atoms with Gasteiger partial charge in [-0.05, 0) is 47.9 Å². The molecule has 2 heteroatoms. The molecule has 0 fully saturated rings. The molecule has 0 amide bonds. The molecule has 0 bridgehead atoms. The normalized spacial score (nSPS) is 14.1. The predicted octanol–water partition coefficient (Wildman–Crippen LogP) is 7.39. The molecule has 1 radical (unpaired) electrons. The number of aryl methyl sites for hydroxylation is 2. The first-order valence-corrected chi connectivity index (χ1v) is 10.1. The van der Waals surface area contributed by atoms with Gasteiger partial charge < -0.3 is 5.32 Å². The van der Waals surface area contributed by atoms with Crippen LogP contribution >= 0.6 is 0 Å². The van der Waals surface area contributed by atoms with Crippen molar-refractivity contribution < 1.29 is 0 Å². The van der Waals surface area contributed by atoms with Crippen molar-refractivity contribution in [3.05, 3.63) is 88.9 Å². The minimum Gasteiger partial charge on any atom is -0.339 e. The van der Waals surface area contributed by atoms with Crippen molar-refractivity contribution in [3.8, 4) is 0 Å². The molecule has 0 unspecified atom stereocenters. The molecular weight excluding hydrogens is 340 g/mol. The highest BCUT2D eigenvalue weighted by Gasteiger charge is 2.16. The summed E-state index contributed by atoms with van der Waals surface area (Å²) < 4.78 is 0. The SMILES string of the molecule is Cc1cccc(C(C)C)c1N=C(Nc1c(C)cccc1C(C)C)C1=C[CH]C=C1. The third-order valence-corrected chi connectivity index (χ3v) is 5.22. The molecule has 28 heavy (non-hydrogen) atoms. The van der Waals surface area contributed by atoms with Gasteiger partial charge >= 0.3 is 0 Å². The molecule has 3 rings (SSSR count). The summed E-state index contributed by atoms with van der Waals surface area (Å²) in [5, 5.41) is 3.69. The number of nitrogens with zero attached hydrogens (tertiary/aromatic N) is 1. The lowest BCUT2D eigenvalue weighted by atomic mass is 9.97. The van der Waals surface area contributed by atoms with E-state index in [1.807, 2.05) is 0 Å². The van der Waals surface area contributed by atoms with Crippen LogP contribution in [0.25, 0.3) is 0 Å². The molecule has 1 aliphatic carbocycles. The maximum Gasteiger partial charge on any atom is 0.138 e. The smallest absolute Gasteiger partial charge is 0.138 e. The van der Waals surface area contributed by atoms with Crippen molar-refractivity contribution in [1.29, 1.82) is 0 Å². The Kier molecular flexibility index (Phi) is 6.18. The highest BCUT2D eigenvalue weighted by Crippen LogP contribution is 2.33. The second-order valence-electron chi connectivity index (χ2n) is 8.12. The number of rotatable bonds is 5. The van der Waals surface area contributed by atoms with Gasteiger partial charge in [-0.3, -0.25) is 0 Å². The summed E-state index contributed by atoms with van der Waals surface area (Å²) in [6.45, 7) is 13.2. The van der Waals surface area contributed by atoms with Crippen LogP contribution in [0.5, 0.6) is 0 Å². The van der Waals surface area contributed by atoms with E-state index < -0.39 is 0 Å². The Labute approximate surface area is 170 Å². The van der Waals surface area contributed by atoms with Crippen LogP contribution in [0.4, 0.5) is 11.4 Å². The number of amidine groups is 1. The monoisotopic (exact) mass is 371 g/mol. The standard InChI is InChI=1S/C26H31N2/c1-17(2)22-15-9-11-19(5)24(22)27-26(21-13-7-8-14-21)28-25-20(6)12-10-16-23(25)18(3)4/h7-18H,1-6H3,(H,27,28). The Morgan fingerprint density at radius 2 is 1.50 bits per heavy atom. The maximum atomic E-state index is 5.16. The number of allylic oxidation sites excluding steroid dienone is 2. The van der Waals surface area contributed by atoms with E-state index in [1.54, 1.807) is 0 Å². The summed E-state index contributed by atoms with van der Waals surface area (Å²) in [6, 6.07) is 12.9. The highest BCUT2D eigenvalue weighted by molar-refractivity contribution is 6.12. The van der Waals surface area contributed by atoms with Gasteiger partial charge in [-0.2, -0.15) is 0 Å². The average molecular weight is 372 g/mol. The molecule has 0 heterocycles. The largest absolute Gasteiger partial charge is 0.339 e. The van der Waals surface area contributed by atoms with Gasteiger partial charge in [0.1, 0.15) is 5.84 Å². The molecule has 2 aromatic carbocycles. The first kappa shape index (κ1) is 20.1. The summed E-state index contributed by atoms with van der Waals surface area (Å²) >= 11 is 0. The topological polar surface area (TPSA) is 24.4 Å². The highest BCUT2D eigenvalue weighted by atomic mass is 15.0. The third kappa shape index (κ3) is 4.27. The Hall–Kier alpha value is -2.61. The molecule has 1 aliphatic rings. The van der Waals surface area contributed by atoms with Crippen LogP contribution < -0.4 is 5.32 Å². The maximum absolute atomic E-state index is 5.16. The second kappa shape index (κ2) is 8.60. The van der Waals surface area contributed by atoms with E-state index >= 15 is 0 Å². The first-order chi connectivity index (χ1) is 13.4. The van der Waals surface area contributed by atoms with Crippen molar-refractivity contribution in [2.75, 3.05) is 5.32 Å². The molecule has 2 aromatic rings. The van der Waals surface area contributed by atoms with Crippen LogP contribution in [0.2, 0.25) is 0 Å². The third-order valence-electron chi connectivity index (χ3n) is 5.22. The quantitative estimate of drug-likeness (QED) is 0.430. The Balaban J connectivity index is 2.14. The second-order valence-corrected chi connectivity index (χ2v) is 8.12. The lowest BCUT2D eigenvalue weighted by Gasteiger charge is -2.20. The van der Waals surface area contributed by atoms with Crippen LogP contribution in [0.3, 0.4) is 0 Å². The zero-order chi connectivity index (χ0) is 20.3. The summed E-state index contributed by atoms with van der Waals surface area (Å²) in [7, 11) is 0. The number of para-hydroxylation sites is 2. The summed E-state index contributed by atoms with van der Waals surface area (Å²) in [5.74, 6) is 1.76. The van der Waals surface area contributed by atoms with Gasteiger partial charge in [0.2, 0.25) is 0 Å². The van der Waals surface area contributed by atoms with E-state index in [9.17, 15) is 0 Å². The van der Waals surface area contributed by atoms with Crippen molar-refractivity contribution in [2.45, 2.75) is 53.4 Å². The van der Waals surface area contributed by atoms with Gasteiger partial charge in [-0.1, -0.05) is 82.3 Å². The summed E-state index contributed by atoms with van der Waals surface area (Å²) in [5.41, 5.74) is 8.37. The van der Waals surface area contributed by atoms with Gasteiger partial charge in [0.15, 0.2) is 0 Å². The lowest BCUT2D eigenvalue weighted by Crippen LogP contribution is -2.16. The van der Waals surface area contributed by atoms with E-state index in [0.717, 1.165) is 22.8 Å². The van der Waals surface area contributed by atoms with Crippen LogP contribution in [-0.4, -0.2) is 5.84 Å². The minimum atomic E-state index is 0.421. The van der Waals surface area contributed by atoms with Crippen molar-refractivity contribution >= 4 is 17.2 Å². The van der Waals surface area contributed by atoms with Gasteiger partial charge in [0.25, 0.3) is 0 Å². The molecule has 2 nitrogen and oxygen atoms in total. The molecule has 0 aromatic heterocycles.